The molecule has 2 fully saturated rings. The standard InChI is InChI=1S/C17H22ClNO3/c18-14-8-13(9-15-16(14)22-7-6-21-15)10-19-4-3-17(11-19)2-1-5-20-12-17/h8-9H,1-7,10-12H2. The molecule has 3 aliphatic heterocycles. The van der Waals surface area contributed by atoms with Crippen molar-refractivity contribution in [2.75, 3.05) is 39.5 Å². The molecule has 1 aromatic rings. The fourth-order valence-corrected chi connectivity index (χ4v) is 4.20. The maximum Gasteiger partial charge on any atom is 0.179 e. The molecule has 2 saturated heterocycles. The van der Waals surface area contributed by atoms with Crippen LogP contribution in [0.3, 0.4) is 0 Å². The van der Waals surface area contributed by atoms with Crippen LogP contribution < -0.4 is 9.47 Å². The highest BCUT2D eigenvalue weighted by Crippen LogP contribution is 2.41. The van der Waals surface area contributed by atoms with E-state index in [1.807, 2.05) is 6.07 Å². The van der Waals surface area contributed by atoms with Crippen LogP contribution in [0.15, 0.2) is 12.1 Å². The molecule has 0 saturated carbocycles. The van der Waals surface area contributed by atoms with Crippen LogP contribution in [0.2, 0.25) is 5.02 Å². The minimum atomic E-state index is 0.385. The number of hydrogen-bond donors (Lipinski definition) is 0. The van der Waals surface area contributed by atoms with Crippen molar-refractivity contribution in [3.8, 4) is 11.5 Å². The molecule has 4 nitrogen and oxygen atoms in total. The number of halogens is 1. The summed E-state index contributed by atoms with van der Waals surface area (Å²) in [4.78, 5) is 2.51. The molecule has 5 heteroatoms. The first-order valence-corrected chi connectivity index (χ1v) is 8.50. The van der Waals surface area contributed by atoms with Gasteiger partial charge in [0, 0.05) is 25.1 Å². The summed E-state index contributed by atoms with van der Waals surface area (Å²) in [5, 5.41) is 0.655. The zero-order valence-electron chi connectivity index (χ0n) is 12.8. The molecule has 0 amide bonds. The Morgan fingerprint density at radius 3 is 2.91 bits per heavy atom. The normalized spacial score (nSPS) is 28.2. The Bertz CT molecular complexity index is 557. The molecule has 1 atom stereocenters. The van der Waals surface area contributed by atoms with Gasteiger partial charge in [-0.25, -0.2) is 0 Å². The van der Waals surface area contributed by atoms with Gasteiger partial charge in [-0.15, -0.1) is 0 Å². The van der Waals surface area contributed by atoms with E-state index in [4.69, 9.17) is 25.8 Å². The number of hydrogen-bond acceptors (Lipinski definition) is 4. The minimum absolute atomic E-state index is 0.385. The predicted molar refractivity (Wildman–Crippen MR) is 84.8 cm³/mol. The fraction of sp³-hybridized carbons (Fsp3) is 0.647. The smallest absolute Gasteiger partial charge is 0.179 e. The first-order valence-electron chi connectivity index (χ1n) is 8.12. The van der Waals surface area contributed by atoms with Gasteiger partial charge in [-0.3, -0.25) is 4.90 Å². The molecule has 22 heavy (non-hydrogen) atoms. The summed E-state index contributed by atoms with van der Waals surface area (Å²) in [6.45, 7) is 6.19. The number of likely N-dealkylation sites (tertiary alicyclic amines) is 1. The minimum Gasteiger partial charge on any atom is -0.486 e. The Morgan fingerprint density at radius 1 is 1.14 bits per heavy atom. The predicted octanol–water partition coefficient (Wildman–Crippen LogP) is 3.11. The second-order valence-electron chi connectivity index (χ2n) is 6.72. The Balaban J connectivity index is 1.46. The SMILES string of the molecule is Clc1cc(CN2CCC3(CCCOC3)C2)cc2c1OCCO2. The van der Waals surface area contributed by atoms with E-state index in [1.54, 1.807) is 0 Å². The monoisotopic (exact) mass is 323 g/mol. The fourth-order valence-electron chi connectivity index (χ4n) is 3.91. The Kier molecular flexibility index (Phi) is 3.93. The average molecular weight is 324 g/mol. The van der Waals surface area contributed by atoms with Gasteiger partial charge in [0.25, 0.3) is 0 Å². The lowest BCUT2D eigenvalue weighted by Gasteiger charge is -2.33. The van der Waals surface area contributed by atoms with E-state index in [0.29, 0.717) is 29.4 Å². The molecule has 0 radical (unpaired) electrons. The molecule has 0 aliphatic carbocycles. The van der Waals surface area contributed by atoms with E-state index < -0.39 is 0 Å². The summed E-state index contributed by atoms with van der Waals surface area (Å²) < 4.78 is 17.0. The maximum absolute atomic E-state index is 6.33. The van der Waals surface area contributed by atoms with Crippen LogP contribution in [-0.4, -0.2) is 44.4 Å². The Morgan fingerprint density at radius 2 is 2.05 bits per heavy atom. The Hall–Kier alpha value is -0.970. The van der Waals surface area contributed by atoms with Gasteiger partial charge < -0.3 is 14.2 Å². The largest absolute Gasteiger partial charge is 0.486 e. The topological polar surface area (TPSA) is 30.9 Å². The molecule has 3 heterocycles. The summed E-state index contributed by atoms with van der Waals surface area (Å²) in [5.41, 5.74) is 1.58. The number of fused-ring (bicyclic) bond motifs is 1. The quantitative estimate of drug-likeness (QED) is 0.837. The third kappa shape index (κ3) is 2.80. The molecule has 0 aromatic heterocycles. The van der Waals surface area contributed by atoms with Crippen molar-refractivity contribution in [2.45, 2.75) is 25.8 Å². The summed E-state index contributed by atoms with van der Waals surface area (Å²) in [7, 11) is 0. The van der Waals surface area contributed by atoms with Gasteiger partial charge in [0.1, 0.15) is 13.2 Å². The van der Waals surface area contributed by atoms with Gasteiger partial charge in [0.15, 0.2) is 11.5 Å². The molecular weight excluding hydrogens is 302 g/mol. The van der Waals surface area contributed by atoms with Crippen molar-refractivity contribution >= 4 is 11.6 Å². The van der Waals surface area contributed by atoms with Crippen molar-refractivity contribution in [1.82, 2.24) is 4.90 Å². The van der Waals surface area contributed by atoms with E-state index in [0.717, 1.165) is 38.6 Å². The van der Waals surface area contributed by atoms with Crippen LogP contribution in [0.1, 0.15) is 24.8 Å². The molecular formula is C17H22ClNO3. The van der Waals surface area contributed by atoms with E-state index in [9.17, 15) is 0 Å². The molecule has 0 N–H and O–H groups in total. The second kappa shape index (κ2) is 5.91. The second-order valence-corrected chi connectivity index (χ2v) is 7.13. The molecule has 1 aromatic carbocycles. The highest BCUT2D eigenvalue weighted by molar-refractivity contribution is 6.32. The van der Waals surface area contributed by atoms with E-state index >= 15 is 0 Å². The first kappa shape index (κ1) is 14.6. The third-order valence-electron chi connectivity index (χ3n) is 4.98. The number of nitrogens with zero attached hydrogens (tertiary/aromatic N) is 1. The van der Waals surface area contributed by atoms with Gasteiger partial charge >= 0.3 is 0 Å². The van der Waals surface area contributed by atoms with Crippen molar-refractivity contribution < 1.29 is 14.2 Å². The number of benzene rings is 1. The molecule has 120 valence electrons. The summed E-state index contributed by atoms with van der Waals surface area (Å²) >= 11 is 6.33. The van der Waals surface area contributed by atoms with Crippen molar-refractivity contribution in [1.29, 1.82) is 0 Å². The van der Waals surface area contributed by atoms with Gasteiger partial charge in [-0.2, -0.15) is 0 Å². The average Bonchev–Trinajstić information content (AvgIpc) is 2.90. The summed E-state index contributed by atoms with van der Waals surface area (Å²) in [6, 6.07) is 4.08. The summed E-state index contributed by atoms with van der Waals surface area (Å²) in [6.07, 6.45) is 3.74. The van der Waals surface area contributed by atoms with Crippen LogP contribution >= 0.6 is 11.6 Å². The lowest BCUT2D eigenvalue weighted by Crippen LogP contribution is -2.34. The lowest BCUT2D eigenvalue weighted by molar-refractivity contribution is -0.00248. The molecule has 4 rings (SSSR count). The number of ether oxygens (including phenoxy) is 3. The van der Waals surface area contributed by atoms with E-state index in [-0.39, 0.29) is 0 Å². The van der Waals surface area contributed by atoms with Crippen LogP contribution in [0, 0.1) is 5.41 Å². The highest BCUT2D eigenvalue weighted by Gasteiger charge is 2.39. The lowest BCUT2D eigenvalue weighted by atomic mass is 9.82. The van der Waals surface area contributed by atoms with Gasteiger partial charge in [0.2, 0.25) is 0 Å². The molecule has 3 aliphatic rings. The molecule has 1 spiro atoms. The molecule has 0 bridgehead atoms. The van der Waals surface area contributed by atoms with E-state index in [2.05, 4.69) is 11.0 Å². The zero-order valence-corrected chi connectivity index (χ0v) is 13.5. The van der Waals surface area contributed by atoms with Crippen molar-refractivity contribution in [3.63, 3.8) is 0 Å². The maximum atomic E-state index is 6.33. The van der Waals surface area contributed by atoms with Gasteiger partial charge in [-0.05, 0) is 43.5 Å². The van der Waals surface area contributed by atoms with Crippen LogP contribution in [0.4, 0.5) is 0 Å². The zero-order chi connectivity index (χ0) is 15.0. The van der Waals surface area contributed by atoms with Crippen molar-refractivity contribution in [3.05, 3.63) is 22.7 Å². The van der Waals surface area contributed by atoms with Crippen LogP contribution in [0.5, 0.6) is 11.5 Å². The van der Waals surface area contributed by atoms with Gasteiger partial charge in [0.05, 0.1) is 11.6 Å². The van der Waals surface area contributed by atoms with Crippen molar-refractivity contribution in [2.24, 2.45) is 5.41 Å². The number of rotatable bonds is 2. The van der Waals surface area contributed by atoms with Crippen LogP contribution in [0.25, 0.3) is 0 Å². The summed E-state index contributed by atoms with van der Waals surface area (Å²) in [5.74, 6) is 1.47. The van der Waals surface area contributed by atoms with Gasteiger partial charge in [-0.1, -0.05) is 11.6 Å². The molecule has 1 unspecified atom stereocenters. The Labute approximate surface area is 136 Å². The van der Waals surface area contributed by atoms with Crippen LogP contribution in [-0.2, 0) is 11.3 Å². The third-order valence-corrected chi connectivity index (χ3v) is 5.26. The first-order chi connectivity index (χ1) is 10.7. The van der Waals surface area contributed by atoms with E-state index in [1.165, 1.54) is 24.8 Å². The highest BCUT2D eigenvalue weighted by atomic mass is 35.5.